The third kappa shape index (κ3) is 4.45. The Morgan fingerprint density at radius 3 is 2.29 bits per heavy atom. The highest BCUT2D eigenvalue weighted by Crippen LogP contribution is 2.26. The zero-order valence-corrected chi connectivity index (χ0v) is 15.1. The van der Waals surface area contributed by atoms with Gasteiger partial charge in [-0.15, -0.1) is 0 Å². The third-order valence-electron chi connectivity index (χ3n) is 3.33. The quantitative estimate of drug-likeness (QED) is 0.803. The predicted octanol–water partition coefficient (Wildman–Crippen LogP) is 4.51. The van der Waals surface area contributed by atoms with Gasteiger partial charge in [-0.3, -0.25) is 0 Å². The molecule has 0 amide bonds. The van der Waals surface area contributed by atoms with Crippen LogP contribution in [0.5, 0.6) is 0 Å². The Kier molecular flexibility index (Phi) is 5.78. The first-order valence-corrected chi connectivity index (χ1v) is 8.32. The molecule has 0 aliphatic rings. The molecule has 0 fully saturated rings. The lowest BCUT2D eigenvalue weighted by molar-refractivity contribution is 0.0695. The van der Waals surface area contributed by atoms with Crippen molar-refractivity contribution in [3.05, 3.63) is 40.5 Å². The van der Waals surface area contributed by atoms with E-state index in [1.165, 1.54) is 0 Å². The number of aromatic nitrogens is 2. The molecular weight excluding hydrogens is 326 g/mol. The molecule has 24 heavy (non-hydrogen) atoms. The monoisotopic (exact) mass is 347 g/mol. The van der Waals surface area contributed by atoms with E-state index in [9.17, 15) is 9.90 Å². The number of carbonyl (C=O) groups is 1. The summed E-state index contributed by atoms with van der Waals surface area (Å²) < 4.78 is 0. The largest absolute Gasteiger partial charge is 0.477 e. The lowest BCUT2D eigenvalue weighted by Gasteiger charge is -2.17. The van der Waals surface area contributed by atoms with Crippen molar-refractivity contribution in [2.45, 2.75) is 40.2 Å². The fraction of sp³-hybridized carbons (Fsp3) is 0.389. The summed E-state index contributed by atoms with van der Waals surface area (Å²) in [4.78, 5) is 20.7. The third-order valence-corrected chi connectivity index (χ3v) is 3.58. The van der Waals surface area contributed by atoms with Gasteiger partial charge in [0.15, 0.2) is 5.82 Å². The summed E-state index contributed by atoms with van der Waals surface area (Å²) in [7, 11) is 0. The molecule has 0 atom stereocenters. The summed E-state index contributed by atoms with van der Waals surface area (Å²) >= 11 is 5.94. The highest BCUT2D eigenvalue weighted by atomic mass is 35.5. The number of rotatable bonds is 6. The molecule has 2 aromatic rings. The number of nitrogens with zero attached hydrogens (tertiary/aromatic N) is 2. The van der Waals surface area contributed by atoms with E-state index >= 15 is 0 Å². The number of nitrogens with one attached hydrogen (secondary N) is 1. The van der Waals surface area contributed by atoms with Crippen molar-refractivity contribution < 1.29 is 9.90 Å². The number of carboxylic acid groups (broad SMARTS) is 1. The summed E-state index contributed by atoms with van der Waals surface area (Å²) in [6.07, 6.45) is 0.567. The topological polar surface area (TPSA) is 75.1 Å². The Morgan fingerprint density at radius 2 is 1.79 bits per heavy atom. The molecule has 6 heteroatoms. The second-order valence-electron chi connectivity index (χ2n) is 6.43. The molecule has 2 rings (SSSR count). The van der Waals surface area contributed by atoms with Gasteiger partial charge >= 0.3 is 5.97 Å². The van der Waals surface area contributed by atoms with E-state index in [-0.39, 0.29) is 17.5 Å². The SMILES string of the molecule is CC(C)Cc1nc(-c2ccc(Cl)cc2)nc(NC(C)C)c1C(=O)O. The Labute approximate surface area is 147 Å². The van der Waals surface area contributed by atoms with Crippen molar-refractivity contribution in [2.75, 3.05) is 5.32 Å². The molecule has 0 saturated carbocycles. The van der Waals surface area contributed by atoms with E-state index in [2.05, 4.69) is 15.3 Å². The predicted molar refractivity (Wildman–Crippen MR) is 96.7 cm³/mol. The maximum atomic E-state index is 11.8. The van der Waals surface area contributed by atoms with Crippen LogP contribution in [0, 0.1) is 5.92 Å². The number of hydrogen-bond acceptors (Lipinski definition) is 4. The van der Waals surface area contributed by atoms with Gasteiger partial charge in [-0.2, -0.15) is 0 Å². The molecule has 0 bridgehead atoms. The van der Waals surface area contributed by atoms with Gasteiger partial charge in [-0.25, -0.2) is 14.8 Å². The number of anilines is 1. The standard InChI is InChI=1S/C18H22ClN3O2/c1-10(2)9-14-15(18(23)24)17(20-11(3)4)22-16(21-14)12-5-7-13(19)8-6-12/h5-8,10-11H,9H2,1-4H3,(H,23,24)(H,20,21,22). The lowest BCUT2D eigenvalue weighted by Crippen LogP contribution is -2.19. The number of halogens is 1. The highest BCUT2D eigenvalue weighted by Gasteiger charge is 2.22. The van der Waals surface area contributed by atoms with E-state index in [4.69, 9.17) is 11.6 Å². The van der Waals surface area contributed by atoms with Gasteiger partial charge in [0.25, 0.3) is 0 Å². The molecule has 0 saturated heterocycles. The van der Waals surface area contributed by atoms with Crippen LogP contribution in [0.25, 0.3) is 11.4 Å². The van der Waals surface area contributed by atoms with E-state index in [0.29, 0.717) is 28.8 Å². The van der Waals surface area contributed by atoms with Gasteiger partial charge in [0.05, 0.1) is 5.69 Å². The zero-order chi connectivity index (χ0) is 17.9. The van der Waals surface area contributed by atoms with E-state index < -0.39 is 5.97 Å². The van der Waals surface area contributed by atoms with Crippen molar-refractivity contribution in [3.63, 3.8) is 0 Å². The summed E-state index contributed by atoms with van der Waals surface area (Å²) in [5.74, 6) is 0.114. The van der Waals surface area contributed by atoms with E-state index in [1.807, 2.05) is 39.8 Å². The van der Waals surface area contributed by atoms with E-state index in [1.54, 1.807) is 12.1 Å². The first kappa shape index (κ1) is 18.2. The Morgan fingerprint density at radius 1 is 1.17 bits per heavy atom. The van der Waals surface area contributed by atoms with Gasteiger partial charge in [-0.05, 0) is 50.5 Å². The maximum Gasteiger partial charge on any atom is 0.341 e. The molecule has 1 aromatic heterocycles. The van der Waals surface area contributed by atoms with Crippen molar-refractivity contribution in [1.82, 2.24) is 9.97 Å². The van der Waals surface area contributed by atoms with Crippen LogP contribution in [0.2, 0.25) is 5.02 Å². The minimum absolute atomic E-state index is 0.0583. The summed E-state index contributed by atoms with van der Waals surface area (Å²) in [6.45, 7) is 7.95. The molecule has 128 valence electrons. The van der Waals surface area contributed by atoms with Crippen molar-refractivity contribution >= 4 is 23.4 Å². The normalized spacial score (nSPS) is 11.1. The molecule has 1 heterocycles. The van der Waals surface area contributed by atoms with Crippen molar-refractivity contribution in [1.29, 1.82) is 0 Å². The summed E-state index contributed by atoms with van der Waals surface area (Å²) in [5, 5.41) is 13.4. The Balaban J connectivity index is 2.63. The van der Waals surface area contributed by atoms with Crippen LogP contribution in [-0.4, -0.2) is 27.1 Å². The van der Waals surface area contributed by atoms with Crippen LogP contribution in [0.15, 0.2) is 24.3 Å². The van der Waals surface area contributed by atoms with E-state index in [0.717, 1.165) is 5.56 Å². The summed E-state index contributed by atoms with van der Waals surface area (Å²) in [6, 6.07) is 7.25. The molecule has 2 N–H and O–H groups in total. The first-order chi connectivity index (χ1) is 11.3. The van der Waals surface area contributed by atoms with Crippen LogP contribution in [0.4, 0.5) is 5.82 Å². The molecule has 0 unspecified atom stereocenters. The zero-order valence-electron chi connectivity index (χ0n) is 14.3. The average Bonchev–Trinajstić information content (AvgIpc) is 2.45. The molecule has 0 radical (unpaired) electrons. The molecule has 5 nitrogen and oxygen atoms in total. The molecule has 1 aromatic carbocycles. The number of aromatic carboxylic acids is 1. The van der Waals surface area contributed by atoms with Crippen LogP contribution in [-0.2, 0) is 6.42 Å². The van der Waals surface area contributed by atoms with Gasteiger partial charge in [0, 0.05) is 16.6 Å². The van der Waals surface area contributed by atoms with Crippen molar-refractivity contribution in [2.24, 2.45) is 5.92 Å². The van der Waals surface area contributed by atoms with Gasteiger partial charge < -0.3 is 10.4 Å². The fourth-order valence-corrected chi connectivity index (χ4v) is 2.50. The maximum absolute atomic E-state index is 11.8. The number of benzene rings is 1. The van der Waals surface area contributed by atoms with Gasteiger partial charge in [-0.1, -0.05) is 25.4 Å². The first-order valence-electron chi connectivity index (χ1n) is 7.94. The van der Waals surface area contributed by atoms with Gasteiger partial charge in [0.2, 0.25) is 0 Å². The minimum atomic E-state index is -1.02. The smallest absolute Gasteiger partial charge is 0.341 e. The number of hydrogen-bond donors (Lipinski definition) is 2. The molecule has 0 aliphatic carbocycles. The Bertz CT molecular complexity index is 697. The number of carboxylic acids is 1. The molecule has 0 aliphatic heterocycles. The van der Waals surface area contributed by atoms with Crippen LogP contribution < -0.4 is 5.32 Å². The second kappa shape index (κ2) is 7.62. The highest BCUT2D eigenvalue weighted by molar-refractivity contribution is 6.30. The van der Waals surface area contributed by atoms with Crippen molar-refractivity contribution in [3.8, 4) is 11.4 Å². The minimum Gasteiger partial charge on any atom is -0.477 e. The van der Waals surface area contributed by atoms with Crippen LogP contribution >= 0.6 is 11.6 Å². The van der Waals surface area contributed by atoms with Gasteiger partial charge in [0.1, 0.15) is 11.4 Å². The lowest BCUT2D eigenvalue weighted by atomic mass is 10.0. The molecule has 0 spiro atoms. The fourth-order valence-electron chi connectivity index (χ4n) is 2.37. The summed E-state index contributed by atoms with van der Waals surface area (Å²) in [5.41, 5.74) is 1.49. The second-order valence-corrected chi connectivity index (χ2v) is 6.86. The average molecular weight is 348 g/mol. The van der Waals surface area contributed by atoms with Crippen LogP contribution in [0.1, 0.15) is 43.7 Å². The Hall–Kier alpha value is -2.14. The van der Waals surface area contributed by atoms with Crippen LogP contribution in [0.3, 0.4) is 0 Å². The molecular formula is C18H22ClN3O2.